The van der Waals surface area contributed by atoms with Crippen LogP contribution < -0.4 is 0 Å². The molecule has 0 aliphatic carbocycles. The predicted octanol–water partition coefficient (Wildman–Crippen LogP) is 5.16. The Balaban J connectivity index is 2.01. The third-order valence-electron chi connectivity index (χ3n) is 3.09. The van der Waals surface area contributed by atoms with Crippen molar-refractivity contribution in [2.75, 3.05) is 0 Å². The van der Waals surface area contributed by atoms with Crippen molar-refractivity contribution in [3.63, 3.8) is 0 Å². The van der Waals surface area contributed by atoms with Crippen molar-refractivity contribution in [2.24, 2.45) is 0 Å². The molecule has 0 aliphatic rings. The summed E-state index contributed by atoms with van der Waals surface area (Å²) in [4.78, 5) is 0. The summed E-state index contributed by atoms with van der Waals surface area (Å²) in [6.45, 7) is 6.17. The van der Waals surface area contributed by atoms with Crippen molar-refractivity contribution < 1.29 is 0 Å². The Kier molecular flexibility index (Phi) is 6.96. The summed E-state index contributed by atoms with van der Waals surface area (Å²) in [5.41, 5.74) is 2.57. The van der Waals surface area contributed by atoms with Gasteiger partial charge in [-0.15, -0.1) is 0 Å². The first-order valence-corrected chi connectivity index (χ1v) is 6.74. The minimum Gasteiger partial charge on any atom is -0.0654 e. The second-order valence-electron chi connectivity index (χ2n) is 4.69. The summed E-state index contributed by atoms with van der Waals surface area (Å²) in [7, 11) is 0. The standard InChI is InChI=1S/C16H25/c1-3-4-5-6-7-8-9-10-16-13-11-15(2)12-14-16/h11-14H,2-10H2,1H3. The maximum absolute atomic E-state index is 3.90. The Labute approximate surface area is 101 Å². The van der Waals surface area contributed by atoms with Crippen molar-refractivity contribution >= 4 is 0 Å². The van der Waals surface area contributed by atoms with Crippen LogP contribution in [0.2, 0.25) is 0 Å². The molecule has 0 heterocycles. The lowest BCUT2D eigenvalue weighted by molar-refractivity contribution is 0.589. The molecule has 1 aromatic carbocycles. The van der Waals surface area contributed by atoms with Gasteiger partial charge in [-0.1, -0.05) is 69.7 Å². The number of aryl methyl sites for hydroxylation is 1. The van der Waals surface area contributed by atoms with Gasteiger partial charge >= 0.3 is 0 Å². The van der Waals surface area contributed by atoms with E-state index in [1.807, 2.05) is 0 Å². The highest BCUT2D eigenvalue weighted by atomic mass is 14.0. The van der Waals surface area contributed by atoms with Crippen LogP contribution in [-0.2, 0) is 6.42 Å². The van der Waals surface area contributed by atoms with Crippen LogP contribution in [0.15, 0.2) is 24.3 Å². The van der Waals surface area contributed by atoms with Crippen LogP contribution in [0.4, 0.5) is 0 Å². The van der Waals surface area contributed by atoms with E-state index in [9.17, 15) is 0 Å². The van der Waals surface area contributed by atoms with Gasteiger partial charge in [-0.25, -0.2) is 0 Å². The summed E-state index contributed by atoms with van der Waals surface area (Å²) in [5, 5.41) is 0. The first-order valence-electron chi connectivity index (χ1n) is 6.74. The molecule has 0 fully saturated rings. The minimum absolute atomic E-state index is 1.11. The Bertz CT molecular complexity index is 258. The Hall–Kier alpha value is -0.780. The average molecular weight is 217 g/mol. The van der Waals surface area contributed by atoms with Gasteiger partial charge in [-0.05, 0) is 30.9 Å². The fraction of sp³-hybridized carbons (Fsp3) is 0.562. The summed E-state index contributed by atoms with van der Waals surface area (Å²) in [6.07, 6.45) is 11.0. The molecule has 0 bridgehead atoms. The van der Waals surface area contributed by atoms with Gasteiger partial charge in [-0.2, -0.15) is 0 Å². The molecule has 0 saturated carbocycles. The normalized spacial score (nSPS) is 10.6. The van der Waals surface area contributed by atoms with Crippen molar-refractivity contribution in [2.45, 2.75) is 58.3 Å². The van der Waals surface area contributed by atoms with E-state index in [4.69, 9.17) is 0 Å². The van der Waals surface area contributed by atoms with E-state index in [1.54, 1.807) is 0 Å². The first-order chi connectivity index (χ1) is 7.83. The molecule has 0 atom stereocenters. The quantitative estimate of drug-likeness (QED) is 0.527. The van der Waals surface area contributed by atoms with E-state index in [0.717, 1.165) is 5.56 Å². The molecule has 0 spiro atoms. The molecule has 1 aromatic rings. The van der Waals surface area contributed by atoms with Crippen molar-refractivity contribution in [1.82, 2.24) is 0 Å². The topological polar surface area (TPSA) is 0 Å². The zero-order valence-electron chi connectivity index (χ0n) is 10.7. The van der Waals surface area contributed by atoms with Gasteiger partial charge in [-0.3, -0.25) is 0 Å². The van der Waals surface area contributed by atoms with E-state index in [-0.39, 0.29) is 0 Å². The van der Waals surface area contributed by atoms with E-state index in [1.165, 1.54) is 56.9 Å². The third-order valence-corrected chi connectivity index (χ3v) is 3.09. The molecular weight excluding hydrogens is 192 g/mol. The molecule has 1 radical (unpaired) electrons. The minimum atomic E-state index is 1.11. The zero-order valence-corrected chi connectivity index (χ0v) is 10.7. The van der Waals surface area contributed by atoms with E-state index >= 15 is 0 Å². The van der Waals surface area contributed by atoms with Crippen LogP contribution in [0, 0.1) is 6.92 Å². The highest BCUT2D eigenvalue weighted by Crippen LogP contribution is 2.11. The lowest BCUT2D eigenvalue weighted by Gasteiger charge is -2.02. The molecule has 0 amide bonds. The largest absolute Gasteiger partial charge is 0.0654 e. The number of hydrogen-bond donors (Lipinski definition) is 0. The maximum atomic E-state index is 3.90. The molecular formula is C16H25. The smallest absolute Gasteiger partial charge is 0.0238 e. The van der Waals surface area contributed by atoms with Gasteiger partial charge in [0, 0.05) is 0 Å². The molecule has 0 N–H and O–H groups in total. The molecule has 1 rings (SSSR count). The highest BCUT2D eigenvalue weighted by Gasteiger charge is 1.94. The van der Waals surface area contributed by atoms with Crippen LogP contribution in [0.3, 0.4) is 0 Å². The predicted molar refractivity (Wildman–Crippen MR) is 72.6 cm³/mol. The van der Waals surface area contributed by atoms with E-state index in [2.05, 4.69) is 38.1 Å². The summed E-state index contributed by atoms with van der Waals surface area (Å²) < 4.78 is 0. The Morgan fingerprint density at radius 1 is 0.812 bits per heavy atom. The van der Waals surface area contributed by atoms with Crippen molar-refractivity contribution in [3.05, 3.63) is 42.3 Å². The zero-order chi connectivity index (χ0) is 11.6. The summed E-state index contributed by atoms with van der Waals surface area (Å²) >= 11 is 0. The van der Waals surface area contributed by atoms with Gasteiger partial charge in [0.15, 0.2) is 0 Å². The van der Waals surface area contributed by atoms with Crippen LogP contribution in [0.5, 0.6) is 0 Å². The summed E-state index contributed by atoms with van der Waals surface area (Å²) in [5.74, 6) is 0. The molecule has 0 nitrogen and oxygen atoms in total. The summed E-state index contributed by atoms with van der Waals surface area (Å²) in [6, 6.07) is 8.63. The lowest BCUT2D eigenvalue weighted by Crippen LogP contribution is -1.86. The fourth-order valence-corrected chi connectivity index (χ4v) is 1.99. The van der Waals surface area contributed by atoms with Crippen molar-refractivity contribution in [1.29, 1.82) is 0 Å². The van der Waals surface area contributed by atoms with E-state index in [0.29, 0.717) is 0 Å². The molecule has 0 heteroatoms. The number of rotatable bonds is 8. The monoisotopic (exact) mass is 217 g/mol. The molecule has 16 heavy (non-hydrogen) atoms. The highest BCUT2D eigenvalue weighted by molar-refractivity contribution is 5.24. The number of unbranched alkanes of at least 4 members (excludes halogenated alkanes) is 6. The third kappa shape index (κ3) is 5.95. The Morgan fingerprint density at radius 2 is 1.38 bits per heavy atom. The van der Waals surface area contributed by atoms with Crippen molar-refractivity contribution in [3.8, 4) is 0 Å². The molecule has 0 saturated heterocycles. The van der Waals surface area contributed by atoms with Crippen LogP contribution in [0.1, 0.15) is 63.0 Å². The molecule has 0 unspecified atom stereocenters. The molecule has 0 aliphatic heterocycles. The van der Waals surface area contributed by atoms with Gasteiger partial charge in [0.25, 0.3) is 0 Å². The fourth-order valence-electron chi connectivity index (χ4n) is 1.99. The average Bonchev–Trinajstić information content (AvgIpc) is 2.30. The van der Waals surface area contributed by atoms with Gasteiger partial charge in [0.2, 0.25) is 0 Å². The molecule has 89 valence electrons. The van der Waals surface area contributed by atoms with Crippen LogP contribution in [-0.4, -0.2) is 0 Å². The first kappa shape index (κ1) is 13.3. The van der Waals surface area contributed by atoms with Crippen LogP contribution >= 0.6 is 0 Å². The van der Waals surface area contributed by atoms with E-state index < -0.39 is 0 Å². The Morgan fingerprint density at radius 3 is 2.00 bits per heavy atom. The van der Waals surface area contributed by atoms with Gasteiger partial charge in [0.05, 0.1) is 0 Å². The van der Waals surface area contributed by atoms with Gasteiger partial charge in [0.1, 0.15) is 0 Å². The van der Waals surface area contributed by atoms with Gasteiger partial charge < -0.3 is 0 Å². The lowest BCUT2D eigenvalue weighted by atomic mass is 10.0. The maximum Gasteiger partial charge on any atom is -0.0238 e. The second kappa shape index (κ2) is 8.38. The number of benzene rings is 1. The molecule has 0 aromatic heterocycles. The number of hydrogen-bond acceptors (Lipinski definition) is 0. The SMILES string of the molecule is [CH2]c1ccc(CCCCCCCCC)cc1. The second-order valence-corrected chi connectivity index (χ2v) is 4.69. The van der Waals surface area contributed by atoms with Crippen LogP contribution in [0.25, 0.3) is 0 Å².